The van der Waals surface area contributed by atoms with Crippen molar-refractivity contribution in [2.24, 2.45) is 0 Å². The van der Waals surface area contributed by atoms with Gasteiger partial charge >= 0.3 is 0 Å². The first-order valence-corrected chi connectivity index (χ1v) is 7.46. The molecule has 1 N–H and O–H groups in total. The molecule has 1 aromatic rings. The van der Waals surface area contributed by atoms with Gasteiger partial charge in [-0.05, 0) is 46.7 Å². The van der Waals surface area contributed by atoms with E-state index in [0.717, 1.165) is 24.3 Å². The number of para-hydroxylation sites is 1. The van der Waals surface area contributed by atoms with Gasteiger partial charge in [0.25, 0.3) is 0 Å². The minimum absolute atomic E-state index is 0.0994. The van der Waals surface area contributed by atoms with E-state index in [9.17, 15) is 0 Å². The molecule has 1 unspecified atom stereocenters. The van der Waals surface area contributed by atoms with Gasteiger partial charge in [-0.15, -0.1) is 0 Å². The van der Waals surface area contributed by atoms with Crippen molar-refractivity contribution < 1.29 is 9.47 Å². The third kappa shape index (κ3) is 4.50. The van der Waals surface area contributed by atoms with Crippen LogP contribution in [0.15, 0.2) is 24.3 Å². The zero-order valence-electron chi connectivity index (χ0n) is 13.7. The molecule has 0 amide bonds. The normalized spacial score (nSPS) is 13.6. The number of hydrogen-bond acceptors (Lipinski definition) is 3. The lowest BCUT2D eigenvalue weighted by Crippen LogP contribution is -2.41. The van der Waals surface area contributed by atoms with Crippen molar-refractivity contribution >= 4 is 0 Å². The van der Waals surface area contributed by atoms with Crippen LogP contribution >= 0.6 is 0 Å². The van der Waals surface area contributed by atoms with E-state index in [-0.39, 0.29) is 17.7 Å². The lowest BCUT2D eigenvalue weighted by atomic mass is 9.90. The van der Waals surface area contributed by atoms with Crippen LogP contribution in [0.1, 0.15) is 52.6 Å². The van der Waals surface area contributed by atoms with Crippen LogP contribution in [-0.4, -0.2) is 25.4 Å². The molecule has 0 spiro atoms. The third-order valence-electron chi connectivity index (χ3n) is 3.41. The molecule has 20 heavy (non-hydrogen) atoms. The summed E-state index contributed by atoms with van der Waals surface area (Å²) in [6.07, 6.45) is 1.25. The summed E-state index contributed by atoms with van der Waals surface area (Å²) in [5, 5.41) is 3.59. The van der Waals surface area contributed by atoms with Crippen LogP contribution in [0.3, 0.4) is 0 Å². The summed E-state index contributed by atoms with van der Waals surface area (Å²) in [5.74, 6) is 0.932. The zero-order chi connectivity index (χ0) is 15.2. The van der Waals surface area contributed by atoms with Gasteiger partial charge in [0.1, 0.15) is 5.75 Å². The van der Waals surface area contributed by atoms with Gasteiger partial charge in [0.2, 0.25) is 0 Å². The molecule has 0 aliphatic carbocycles. The van der Waals surface area contributed by atoms with Crippen molar-refractivity contribution in [2.75, 3.05) is 13.7 Å². The molecule has 0 saturated carbocycles. The van der Waals surface area contributed by atoms with E-state index in [2.05, 4.69) is 38.2 Å². The second-order valence-electron chi connectivity index (χ2n) is 5.90. The minimum atomic E-state index is -0.300. The number of rotatable bonds is 8. The van der Waals surface area contributed by atoms with E-state index in [1.54, 1.807) is 7.11 Å². The van der Waals surface area contributed by atoms with E-state index < -0.39 is 0 Å². The average molecular weight is 279 g/mol. The molecule has 0 aromatic heterocycles. The Bertz CT molecular complexity index is 402. The predicted molar refractivity (Wildman–Crippen MR) is 84.3 cm³/mol. The van der Waals surface area contributed by atoms with Gasteiger partial charge in [0.05, 0.1) is 17.7 Å². The fraction of sp³-hybridized carbons (Fsp3) is 0.647. The fourth-order valence-electron chi connectivity index (χ4n) is 2.22. The van der Waals surface area contributed by atoms with E-state index in [0.29, 0.717) is 0 Å². The summed E-state index contributed by atoms with van der Waals surface area (Å²) in [7, 11) is 1.76. The topological polar surface area (TPSA) is 30.5 Å². The summed E-state index contributed by atoms with van der Waals surface area (Å²) < 4.78 is 11.6. The van der Waals surface area contributed by atoms with Crippen molar-refractivity contribution in [3.63, 3.8) is 0 Å². The second-order valence-corrected chi connectivity index (χ2v) is 5.90. The SMILES string of the molecule is CCCNC(c1ccccc1OC(C)C)C(C)(C)OC. The van der Waals surface area contributed by atoms with Crippen molar-refractivity contribution in [1.29, 1.82) is 0 Å². The first-order valence-electron chi connectivity index (χ1n) is 7.46. The maximum atomic E-state index is 5.95. The highest BCUT2D eigenvalue weighted by atomic mass is 16.5. The second kappa shape index (κ2) is 7.65. The quantitative estimate of drug-likeness (QED) is 0.782. The van der Waals surface area contributed by atoms with E-state index >= 15 is 0 Å². The molecule has 1 aromatic carbocycles. The molecule has 0 saturated heterocycles. The van der Waals surface area contributed by atoms with Gasteiger partial charge in [-0.1, -0.05) is 25.1 Å². The number of methoxy groups -OCH3 is 1. The number of benzene rings is 1. The van der Waals surface area contributed by atoms with Gasteiger partial charge in [-0.25, -0.2) is 0 Å². The molecule has 0 fully saturated rings. The molecule has 0 aliphatic rings. The fourth-order valence-corrected chi connectivity index (χ4v) is 2.22. The summed E-state index contributed by atoms with van der Waals surface area (Å²) in [4.78, 5) is 0. The molecule has 114 valence electrons. The molecule has 3 heteroatoms. The van der Waals surface area contributed by atoms with Crippen LogP contribution in [0.2, 0.25) is 0 Å². The summed E-state index contributed by atoms with van der Waals surface area (Å²) in [5.41, 5.74) is 0.854. The Balaban J connectivity index is 3.12. The lowest BCUT2D eigenvalue weighted by molar-refractivity contribution is -0.0120. The molecule has 1 rings (SSSR count). The smallest absolute Gasteiger partial charge is 0.124 e. The van der Waals surface area contributed by atoms with Crippen molar-refractivity contribution in [2.45, 2.75) is 58.8 Å². The van der Waals surface area contributed by atoms with Crippen molar-refractivity contribution in [3.8, 4) is 5.75 Å². The highest BCUT2D eigenvalue weighted by Crippen LogP contribution is 2.34. The van der Waals surface area contributed by atoms with Crippen molar-refractivity contribution in [3.05, 3.63) is 29.8 Å². The monoisotopic (exact) mass is 279 g/mol. The van der Waals surface area contributed by atoms with Crippen LogP contribution < -0.4 is 10.1 Å². The van der Waals surface area contributed by atoms with Crippen LogP contribution in [0.5, 0.6) is 5.75 Å². The largest absolute Gasteiger partial charge is 0.491 e. The average Bonchev–Trinajstić information content (AvgIpc) is 2.40. The van der Waals surface area contributed by atoms with Gasteiger partial charge in [0.15, 0.2) is 0 Å². The Labute approximate surface area is 123 Å². The Morgan fingerprint density at radius 1 is 1.20 bits per heavy atom. The molecular formula is C17H29NO2. The number of hydrogen-bond donors (Lipinski definition) is 1. The standard InChI is InChI=1S/C17H29NO2/c1-7-12-18-16(17(4,5)19-6)14-10-8-9-11-15(14)20-13(2)3/h8-11,13,16,18H,7,12H2,1-6H3. The first kappa shape index (κ1) is 17.0. The van der Waals surface area contributed by atoms with Crippen LogP contribution in [0.25, 0.3) is 0 Å². The van der Waals surface area contributed by atoms with Crippen molar-refractivity contribution in [1.82, 2.24) is 5.32 Å². The summed E-state index contributed by atoms with van der Waals surface area (Å²) in [6, 6.07) is 8.31. The van der Waals surface area contributed by atoms with Gasteiger partial charge in [-0.3, -0.25) is 0 Å². The summed E-state index contributed by atoms with van der Waals surface area (Å²) >= 11 is 0. The molecular weight excluding hydrogens is 250 g/mol. The molecule has 0 radical (unpaired) electrons. The molecule has 1 atom stereocenters. The zero-order valence-corrected chi connectivity index (χ0v) is 13.7. The Kier molecular flexibility index (Phi) is 6.50. The molecule has 0 aliphatic heterocycles. The van der Waals surface area contributed by atoms with E-state index in [4.69, 9.17) is 9.47 Å². The number of nitrogens with one attached hydrogen (secondary N) is 1. The predicted octanol–water partition coefficient (Wildman–Crippen LogP) is 3.94. The maximum absolute atomic E-state index is 5.95. The highest BCUT2D eigenvalue weighted by Gasteiger charge is 2.32. The molecule has 3 nitrogen and oxygen atoms in total. The summed E-state index contributed by atoms with van der Waals surface area (Å²) in [6.45, 7) is 11.4. The Hall–Kier alpha value is -1.06. The lowest BCUT2D eigenvalue weighted by Gasteiger charge is -2.35. The first-order chi connectivity index (χ1) is 9.42. The van der Waals surface area contributed by atoms with E-state index in [1.807, 2.05) is 26.0 Å². The van der Waals surface area contributed by atoms with Gasteiger partial charge < -0.3 is 14.8 Å². The van der Waals surface area contributed by atoms with Crippen LogP contribution in [0, 0.1) is 0 Å². The van der Waals surface area contributed by atoms with Crippen LogP contribution in [-0.2, 0) is 4.74 Å². The van der Waals surface area contributed by atoms with E-state index in [1.165, 1.54) is 0 Å². The van der Waals surface area contributed by atoms with Crippen LogP contribution in [0.4, 0.5) is 0 Å². The third-order valence-corrected chi connectivity index (χ3v) is 3.41. The van der Waals surface area contributed by atoms with Gasteiger partial charge in [0, 0.05) is 12.7 Å². The number of ether oxygens (including phenoxy) is 2. The maximum Gasteiger partial charge on any atom is 0.124 e. The minimum Gasteiger partial charge on any atom is -0.491 e. The molecule has 0 heterocycles. The molecule has 0 bridgehead atoms. The Morgan fingerprint density at radius 3 is 2.40 bits per heavy atom. The Morgan fingerprint density at radius 2 is 1.85 bits per heavy atom. The van der Waals surface area contributed by atoms with Gasteiger partial charge in [-0.2, -0.15) is 0 Å². The highest BCUT2D eigenvalue weighted by molar-refractivity contribution is 5.37.